The molecule has 0 bridgehead atoms. The van der Waals surface area contributed by atoms with Crippen molar-refractivity contribution in [2.45, 2.75) is 16.8 Å². The Morgan fingerprint density at radius 1 is 1.29 bits per heavy atom. The molecule has 6 heteroatoms. The molecular formula is C11H11FN4S. The normalized spacial score (nSPS) is 10.3. The van der Waals surface area contributed by atoms with Crippen molar-refractivity contribution in [3.8, 4) is 0 Å². The largest absolute Gasteiger partial charge is 0.292 e. The second kappa shape index (κ2) is 5.11. The van der Waals surface area contributed by atoms with Gasteiger partial charge in [0, 0.05) is 16.7 Å². The molecule has 3 N–H and O–H groups in total. The van der Waals surface area contributed by atoms with Crippen LogP contribution in [-0.4, -0.2) is 9.97 Å². The molecule has 1 aromatic carbocycles. The van der Waals surface area contributed by atoms with E-state index < -0.39 is 0 Å². The number of nitrogens with zero attached hydrogens (tertiary/aromatic N) is 2. The Labute approximate surface area is 102 Å². The van der Waals surface area contributed by atoms with Gasteiger partial charge in [0.15, 0.2) is 0 Å². The molecule has 1 heterocycles. The second-order valence-corrected chi connectivity index (χ2v) is 4.44. The van der Waals surface area contributed by atoms with Crippen molar-refractivity contribution < 1.29 is 4.39 Å². The lowest BCUT2D eigenvalue weighted by molar-refractivity contribution is 0.626. The highest BCUT2D eigenvalue weighted by atomic mass is 32.2. The quantitative estimate of drug-likeness (QED) is 0.497. The molecule has 0 radical (unpaired) electrons. The third kappa shape index (κ3) is 2.92. The minimum absolute atomic E-state index is 0.252. The maximum Gasteiger partial charge on any atom is 0.238 e. The zero-order valence-electron chi connectivity index (χ0n) is 9.14. The van der Waals surface area contributed by atoms with Gasteiger partial charge >= 0.3 is 0 Å². The van der Waals surface area contributed by atoms with Gasteiger partial charge in [-0.05, 0) is 31.2 Å². The smallest absolute Gasteiger partial charge is 0.238 e. The molecule has 0 amide bonds. The highest BCUT2D eigenvalue weighted by Gasteiger charge is 2.05. The highest BCUT2D eigenvalue weighted by molar-refractivity contribution is 7.99. The first-order chi connectivity index (χ1) is 8.19. The predicted octanol–water partition coefficient (Wildman–Crippen LogP) is 2.36. The van der Waals surface area contributed by atoms with Crippen LogP contribution in [0.5, 0.6) is 0 Å². The van der Waals surface area contributed by atoms with Crippen LogP contribution in [0.2, 0.25) is 0 Å². The first-order valence-electron chi connectivity index (χ1n) is 4.92. The molecule has 88 valence electrons. The Morgan fingerprint density at radius 3 is 2.65 bits per heavy atom. The number of hydrazine groups is 1. The molecule has 17 heavy (non-hydrogen) atoms. The summed E-state index contributed by atoms with van der Waals surface area (Å²) in [5, 5.41) is 0.791. The van der Waals surface area contributed by atoms with E-state index in [1.807, 2.05) is 6.92 Å². The van der Waals surface area contributed by atoms with Crippen molar-refractivity contribution in [2.75, 3.05) is 5.43 Å². The Kier molecular flexibility index (Phi) is 3.55. The number of aryl methyl sites for hydroxylation is 1. The molecule has 0 saturated heterocycles. The number of nitrogen functional groups attached to an aromatic ring is 1. The van der Waals surface area contributed by atoms with E-state index >= 15 is 0 Å². The van der Waals surface area contributed by atoms with E-state index in [-0.39, 0.29) is 5.82 Å². The van der Waals surface area contributed by atoms with E-state index in [4.69, 9.17) is 5.84 Å². The topological polar surface area (TPSA) is 63.8 Å². The summed E-state index contributed by atoms with van der Waals surface area (Å²) in [6, 6.07) is 6.25. The monoisotopic (exact) mass is 250 g/mol. The first kappa shape index (κ1) is 11.8. The maximum absolute atomic E-state index is 12.8. The summed E-state index contributed by atoms with van der Waals surface area (Å²) < 4.78 is 12.8. The lowest BCUT2D eigenvalue weighted by atomic mass is 10.3. The maximum atomic E-state index is 12.8. The number of halogens is 1. The van der Waals surface area contributed by atoms with Crippen molar-refractivity contribution in [2.24, 2.45) is 5.84 Å². The summed E-state index contributed by atoms with van der Waals surface area (Å²) in [5.41, 5.74) is 3.34. The average Bonchev–Trinajstić information content (AvgIpc) is 2.35. The van der Waals surface area contributed by atoms with Crippen LogP contribution in [0.25, 0.3) is 0 Å². The third-order valence-corrected chi connectivity index (χ3v) is 3.20. The van der Waals surface area contributed by atoms with Gasteiger partial charge in [-0.25, -0.2) is 20.2 Å². The van der Waals surface area contributed by atoms with E-state index in [9.17, 15) is 4.39 Å². The van der Waals surface area contributed by atoms with Gasteiger partial charge in [0.25, 0.3) is 0 Å². The molecule has 0 aliphatic rings. The van der Waals surface area contributed by atoms with Crippen molar-refractivity contribution in [3.05, 3.63) is 41.8 Å². The summed E-state index contributed by atoms with van der Waals surface area (Å²) in [6.45, 7) is 1.91. The van der Waals surface area contributed by atoms with Crippen molar-refractivity contribution in [1.82, 2.24) is 9.97 Å². The van der Waals surface area contributed by atoms with E-state index in [2.05, 4.69) is 15.4 Å². The number of hydrogen-bond donors (Lipinski definition) is 2. The van der Waals surface area contributed by atoms with Gasteiger partial charge in [-0.3, -0.25) is 5.43 Å². The lowest BCUT2D eigenvalue weighted by Crippen LogP contribution is -2.10. The van der Waals surface area contributed by atoms with Crippen molar-refractivity contribution in [1.29, 1.82) is 0 Å². The van der Waals surface area contributed by atoms with E-state index in [0.29, 0.717) is 5.95 Å². The number of nitrogens with one attached hydrogen (secondary N) is 1. The number of hydrogen-bond acceptors (Lipinski definition) is 5. The second-order valence-electron chi connectivity index (χ2n) is 3.38. The summed E-state index contributed by atoms with van der Waals surface area (Å²) in [4.78, 5) is 9.14. The van der Waals surface area contributed by atoms with Gasteiger partial charge in [-0.15, -0.1) is 0 Å². The fraction of sp³-hybridized carbons (Fsp3) is 0.0909. The fourth-order valence-corrected chi connectivity index (χ4v) is 2.05. The van der Waals surface area contributed by atoms with E-state index in [1.54, 1.807) is 18.3 Å². The van der Waals surface area contributed by atoms with Crippen LogP contribution in [0.1, 0.15) is 5.56 Å². The minimum atomic E-state index is -0.252. The Bertz CT molecular complexity index is 515. The Hall–Kier alpha value is -1.66. The molecule has 0 atom stereocenters. The summed E-state index contributed by atoms with van der Waals surface area (Å²) in [7, 11) is 0. The SMILES string of the molecule is Cc1cnc(NN)nc1Sc1ccc(F)cc1. The fourth-order valence-electron chi connectivity index (χ4n) is 1.21. The van der Waals surface area contributed by atoms with Crippen molar-refractivity contribution >= 4 is 17.7 Å². The van der Waals surface area contributed by atoms with Crippen LogP contribution in [0.4, 0.5) is 10.3 Å². The average molecular weight is 250 g/mol. The summed E-state index contributed by atoms with van der Waals surface area (Å²) in [5.74, 6) is 5.36. The molecule has 0 saturated carbocycles. The van der Waals surface area contributed by atoms with Gasteiger partial charge in [-0.1, -0.05) is 11.8 Å². The molecule has 4 nitrogen and oxygen atoms in total. The first-order valence-corrected chi connectivity index (χ1v) is 5.74. The summed E-state index contributed by atoms with van der Waals surface area (Å²) >= 11 is 1.44. The number of rotatable bonds is 3. The van der Waals surface area contributed by atoms with Gasteiger partial charge < -0.3 is 0 Å². The molecular weight excluding hydrogens is 239 g/mol. The molecule has 0 aliphatic heterocycles. The van der Waals surface area contributed by atoms with Gasteiger partial charge in [0.2, 0.25) is 5.95 Å². The van der Waals surface area contributed by atoms with Crippen LogP contribution >= 0.6 is 11.8 Å². The van der Waals surface area contributed by atoms with Crippen LogP contribution in [0, 0.1) is 12.7 Å². The van der Waals surface area contributed by atoms with Gasteiger partial charge in [-0.2, -0.15) is 0 Å². The standard InChI is InChI=1S/C11H11FN4S/c1-7-6-14-11(16-13)15-10(7)17-9-4-2-8(12)3-5-9/h2-6H,13H2,1H3,(H,14,15,16). The predicted molar refractivity (Wildman–Crippen MR) is 65.1 cm³/mol. The van der Waals surface area contributed by atoms with E-state index in [0.717, 1.165) is 15.5 Å². The van der Waals surface area contributed by atoms with Gasteiger partial charge in [0.1, 0.15) is 10.8 Å². The molecule has 2 rings (SSSR count). The zero-order chi connectivity index (χ0) is 12.3. The number of anilines is 1. The molecule has 0 fully saturated rings. The molecule has 0 unspecified atom stereocenters. The molecule has 2 aromatic rings. The summed E-state index contributed by atoms with van der Waals surface area (Å²) in [6.07, 6.45) is 1.69. The van der Waals surface area contributed by atoms with E-state index in [1.165, 1.54) is 23.9 Å². The number of nitrogens with two attached hydrogens (primary N) is 1. The van der Waals surface area contributed by atoms with Crippen molar-refractivity contribution in [3.63, 3.8) is 0 Å². The molecule has 0 spiro atoms. The van der Waals surface area contributed by atoms with Gasteiger partial charge in [0.05, 0.1) is 0 Å². The minimum Gasteiger partial charge on any atom is -0.292 e. The number of benzene rings is 1. The highest BCUT2D eigenvalue weighted by Crippen LogP contribution is 2.28. The Morgan fingerprint density at radius 2 is 2.00 bits per heavy atom. The van der Waals surface area contributed by atoms with Crippen LogP contribution in [-0.2, 0) is 0 Å². The molecule has 1 aromatic heterocycles. The molecule has 0 aliphatic carbocycles. The van der Waals surface area contributed by atoms with Crippen LogP contribution < -0.4 is 11.3 Å². The Balaban J connectivity index is 2.25. The van der Waals surface area contributed by atoms with Crippen LogP contribution in [0.15, 0.2) is 40.4 Å². The number of aromatic nitrogens is 2. The third-order valence-electron chi connectivity index (χ3n) is 2.08. The lowest BCUT2D eigenvalue weighted by Gasteiger charge is -2.06. The van der Waals surface area contributed by atoms with Crippen LogP contribution in [0.3, 0.4) is 0 Å². The zero-order valence-corrected chi connectivity index (χ0v) is 9.96.